The van der Waals surface area contributed by atoms with Crippen molar-refractivity contribution in [3.63, 3.8) is 0 Å². The Balaban J connectivity index is 2.69. The van der Waals surface area contributed by atoms with Crippen LogP contribution >= 0.6 is 24.4 Å². The van der Waals surface area contributed by atoms with E-state index in [1.165, 1.54) is 6.26 Å². The molecule has 5 heteroatoms. The molecule has 16 heavy (non-hydrogen) atoms. The third-order valence-electron chi connectivity index (χ3n) is 1.92. The van der Waals surface area contributed by atoms with Gasteiger partial charge in [0.15, 0.2) is 9.84 Å². The van der Waals surface area contributed by atoms with Gasteiger partial charge in [0.1, 0.15) is 0 Å². The number of rotatable bonds is 5. The van der Waals surface area contributed by atoms with Gasteiger partial charge in [-0.2, -0.15) is 12.6 Å². The predicted molar refractivity (Wildman–Crippen MR) is 73.3 cm³/mol. The average molecular weight is 274 g/mol. The van der Waals surface area contributed by atoms with Gasteiger partial charge in [-0.05, 0) is 24.3 Å². The summed E-state index contributed by atoms with van der Waals surface area (Å²) in [6.07, 6.45) is 1.21. The lowest BCUT2D eigenvalue weighted by Crippen LogP contribution is -1.96. The first kappa shape index (κ1) is 13.7. The van der Waals surface area contributed by atoms with Gasteiger partial charge in [-0.25, -0.2) is 8.42 Å². The SMILES string of the molecule is C=C(CS)CSc1ccc(S(C)(=O)=O)cc1. The van der Waals surface area contributed by atoms with Gasteiger partial charge in [-0.3, -0.25) is 0 Å². The van der Waals surface area contributed by atoms with Crippen LogP contribution in [0.4, 0.5) is 0 Å². The van der Waals surface area contributed by atoms with Gasteiger partial charge in [-0.15, -0.1) is 11.8 Å². The molecule has 0 aliphatic heterocycles. The van der Waals surface area contributed by atoms with Crippen LogP contribution in [0.15, 0.2) is 46.2 Å². The highest BCUT2D eigenvalue weighted by Crippen LogP contribution is 2.22. The lowest BCUT2D eigenvalue weighted by atomic mass is 10.4. The van der Waals surface area contributed by atoms with Crippen LogP contribution in [0.2, 0.25) is 0 Å². The Morgan fingerprint density at radius 3 is 2.38 bits per heavy atom. The van der Waals surface area contributed by atoms with Gasteiger partial charge in [0.05, 0.1) is 4.90 Å². The minimum absolute atomic E-state index is 0.352. The lowest BCUT2D eigenvalue weighted by molar-refractivity contribution is 0.602. The fraction of sp³-hybridized carbons (Fsp3) is 0.273. The molecule has 1 aromatic carbocycles. The summed E-state index contributed by atoms with van der Waals surface area (Å²) in [7, 11) is -3.09. The first-order valence-electron chi connectivity index (χ1n) is 4.64. The van der Waals surface area contributed by atoms with Crippen LogP contribution in [0.1, 0.15) is 0 Å². The molecule has 0 N–H and O–H groups in total. The quantitative estimate of drug-likeness (QED) is 0.509. The van der Waals surface area contributed by atoms with Crippen LogP contribution in [-0.2, 0) is 9.84 Å². The molecule has 0 unspecified atom stereocenters. The molecule has 1 rings (SSSR count). The summed E-state index contributed by atoms with van der Waals surface area (Å²) >= 11 is 5.75. The minimum Gasteiger partial charge on any atom is -0.224 e. The van der Waals surface area contributed by atoms with E-state index in [1.54, 1.807) is 23.9 Å². The molecule has 0 aliphatic carbocycles. The fourth-order valence-electron chi connectivity index (χ4n) is 1.01. The highest BCUT2D eigenvalue weighted by atomic mass is 32.2. The van der Waals surface area contributed by atoms with E-state index >= 15 is 0 Å². The highest BCUT2D eigenvalue weighted by Gasteiger charge is 2.06. The summed E-state index contributed by atoms with van der Waals surface area (Å²) in [4.78, 5) is 1.39. The Kier molecular flexibility index (Phi) is 4.95. The average Bonchev–Trinajstić information content (AvgIpc) is 2.25. The van der Waals surface area contributed by atoms with Gasteiger partial charge in [0, 0.05) is 22.7 Å². The third-order valence-corrected chi connectivity index (χ3v) is 4.65. The molecule has 0 bridgehead atoms. The second kappa shape index (κ2) is 5.80. The molecule has 0 saturated heterocycles. The van der Waals surface area contributed by atoms with Crippen LogP contribution in [0.5, 0.6) is 0 Å². The molecule has 0 aromatic heterocycles. The van der Waals surface area contributed by atoms with E-state index in [1.807, 2.05) is 12.1 Å². The summed E-state index contributed by atoms with van der Waals surface area (Å²) in [5.41, 5.74) is 1.06. The number of hydrogen-bond acceptors (Lipinski definition) is 4. The maximum absolute atomic E-state index is 11.2. The monoisotopic (exact) mass is 274 g/mol. The summed E-state index contributed by atoms with van der Waals surface area (Å²) < 4.78 is 22.5. The molecule has 0 saturated carbocycles. The molecule has 0 spiro atoms. The first-order chi connectivity index (χ1) is 7.43. The van der Waals surface area contributed by atoms with Crippen molar-refractivity contribution in [2.45, 2.75) is 9.79 Å². The molecule has 0 atom stereocenters. The van der Waals surface area contributed by atoms with Gasteiger partial charge in [0.2, 0.25) is 0 Å². The van der Waals surface area contributed by atoms with Crippen LogP contribution in [0.3, 0.4) is 0 Å². The van der Waals surface area contributed by atoms with Crippen LogP contribution in [0, 0.1) is 0 Å². The van der Waals surface area contributed by atoms with E-state index < -0.39 is 9.84 Å². The van der Waals surface area contributed by atoms with E-state index in [0.717, 1.165) is 16.2 Å². The number of hydrogen-bond donors (Lipinski definition) is 1. The molecule has 0 radical (unpaired) electrons. The molecule has 0 heterocycles. The van der Waals surface area contributed by atoms with E-state index in [-0.39, 0.29) is 0 Å². The summed E-state index contributed by atoms with van der Waals surface area (Å²) in [6.45, 7) is 3.85. The maximum Gasteiger partial charge on any atom is 0.175 e. The molecule has 2 nitrogen and oxygen atoms in total. The Morgan fingerprint density at radius 1 is 1.38 bits per heavy atom. The minimum atomic E-state index is -3.09. The summed E-state index contributed by atoms with van der Waals surface area (Å²) in [6, 6.07) is 6.88. The predicted octanol–water partition coefficient (Wildman–Crippen LogP) is 2.67. The molecular weight excluding hydrogens is 260 g/mol. The lowest BCUT2D eigenvalue weighted by Gasteiger charge is -2.03. The molecule has 1 aromatic rings. The molecule has 88 valence electrons. The van der Waals surface area contributed by atoms with Gasteiger partial charge in [-0.1, -0.05) is 12.2 Å². The van der Waals surface area contributed by atoms with Crippen molar-refractivity contribution in [2.75, 3.05) is 17.8 Å². The Morgan fingerprint density at radius 2 is 1.94 bits per heavy atom. The largest absolute Gasteiger partial charge is 0.224 e. The van der Waals surface area contributed by atoms with Gasteiger partial charge >= 0.3 is 0 Å². The zero-order valence-corrected chi connectivity index (χ0v) is 11.5. The van der Waals surface area contributed by atoms with Gasteiger partial charge < -0.3 is 0 Å². The molecule has 0 fully saturated rings. The fourth-order valence-corrected chi connectivity index (χ4v) is 2.71. The van der Waals surface area contributed by atoms with E-state index in [2.05, 4.69) is 19.2 Å². The number of sulfone groups is 1. The van der Waals surface area contributed by atoms with E-state index in [9.17, 15) is 8.42 Å². The van der Waals surface area contributed by atoms with Gasteiger partial charge in [0.25, 0.3) is 0 Å². The van der Waals surface area contributed by atoms with Crippen molar-refractivity contribution >= 4 is 34.2 Å². The highest BCUT2D eigenvalue weighted by molar-refractivity contribution is 7.99. The Hall–Kier alpha value is -0.390. The topological polar surface area (TPSA) is 34.1 Å². The zero-order chi connectivity index (χ0) is 12.2. The second-order valence-corrected chi connectivity index (χ2v) is 6.82. The van der Waals surface area contributed by atoms with E-state index in [4.69, 9.17) is 0 Å². The second-order valence-electron chi connectivity index (χ2n) is 3.44. The maximum atomic E-state index is 11.2. The normalized spacial score (nSPS) is 11.4. The Labute approximate surface area is 106 Å². The van der Waals surface area contributed by atoms with Crippen molar-refractivity contribution in [1.82, 2.24) is 0 Å². The molecular formula is C11H14O2S3. The number of thioether (sulfide) groups is 1. The van der Waals surface area contributed by atoms with Crippen molar-refractivity contribution in [1.29, 1.82) is 0 Å². The summed E-state index contributed by atoms with van der Waals surface area (Å²) in [5.74, 6) is 1.48. The standard InChI is InChI=1S/C11H14O2S3/c1-9(7-14)8-15-10-3-5-11(6-4-10)16(2,12)13/h3-6,14H,1,7-8H2,2H3. The van der Waals surface area contributed by atoms with Crippen LogP contribution in [0.25, 0.3) is 0 Å². The van der Waals surface area contributed by atoms with Crippen molar-refractivity contribution in [3.8, 4) is 0 Å². The smallest absolute Gasteiger partial charge is 0.175 e. The number of thiol groups is 1. The first-order valence-corrected chi connectivity index (χ1v) is 8.15. The number of benzene rings is 1. The van der Waals surface area contributed by atoms with Crippen molar-refractivity contribution < 1.29 is 8.42 Å². The van der Waals surface area contributed by atoms with Crippen molar-refractivity contribution in [2.24, 2.45) is 0 Å². The Bertz CT molecular complexity index is 461. The van der Waals surface area contributed by atoms with E-state index in [0.29, 0.717) is 10.6 Å². The van der Waals surface area contributed by atoms with Crippen LogP contribution < -0.4 is 0 Å². The third kappa shape index (κ3) is 4.23. The zero-order valence-electron chi connectivity index (χ0n) is 9.01. The molecule has 0 amide bonds. The summed E-state index contributed by atoms with van der Waals surface area (Å²) in [5, 5.41) is 0. The van der Waals surface area contributed by atoms with Crippen LogP contribution in [-0.4, -0.2) is 26.2 Å². The van der Waals surface area contributed by atoms with Crippen molar-refractivity contribution in [3.05, 3.63) is 36.4 Å². The molecule has 0 aliphatic rings.